The number of hydrogen-bond donors (Lipinski definition) is 0. The van der Waals surface area contributed by atoms with Crippen LogP contribution in [0.1, 0.15) is 32.3 Å². The Hall–Kier alpha value is -1.92. The summed E-state index contributed by atoms with van der Waals surface area (Å²) in [6, 6.07) is 10.5. The molecule has 3 rings (SSSR count). The van der Waals surface area contributed by atoms with E-state index in [0.29, 0.717) is 17.2 Å². The van der Waals surface area contributed by atoms with Gasteiger partial charge in [0.05, 0.1) is 11.0 Å². The zero-order valence-corrected chi connectivity index (χ0v) is 14.7. The molecule has 5 nitrogen and oxygen atoms in total. The lowest BCUT2D eigenvalue weighted by atomic mass is 10.3. The molecule has 1 aromatic carbocycles. The van der Waals surface area contributed by atoms with Crippen molar-refractivity contribution in [2.24, 2.45) is 0 Å². The van der Waals surface area contributed by atoms with E-state index >= 15 is 0 Å². The van der Waals surface area contributed by atoms with Crippen molar-refractivity contribution in [1.82, 2.24) is 9.29 Å². The first kappa shape index (κ1) is 16.9. The van der Waals surface area contributed by atoms with E-state index in [9.17, 15) is 8.42 Å². The van der Waals surface area contributed by atoms with Crippen molar-refractivity contribution in [3.05, 3.63) is 54.4 Å². The topological polar surface area (TPSA) is 59.5 Å². The van der Waals surface area contributed by atoms with E-state index in [2.05, 4.69) is 4.98 Å². The smallest absolute Gasteiger partial charge is 0.243 e. The molecule has 0 radical (unpaired) electrons. The summed E-state index contributed by atoms with van der Waals surface area (Å²) in [5, 5.41) is 0. The van der Waals surface area contributed by atoms with Gasteiger partial charge in [-0.2, -0.15) is 4.31 Å². The quantitative estimate of drug-likeness (QED) is 0.772. The van der Waals surface area contributed by atoms with E-state index in [4.69, 9.17) is 4.74 Å². The molecular formula is C18H22N2O3S. The third kappa shape index (κ3) is 3.94. The Morgan fingerprint density at radius 1 is 1.21 bits per heavy atom. The summed E-state index contributed by atoms with van der Waals surface area (Å²) in [5.74, 6) is 0.675. The van der Waals surface area contributed by atoms with Gasteiger partial charge in [-0.25, -0.2) is 8.42 Å². The average molecular weight is 346 g/mol. The third-order valence-corrected chi connectivity index (χ3v) is 5.73. The van der Waals surface area contributed by atoms with Gasteiger partial charge in [-0.3, -0.25) is 4.98 Å². The highest BCUT2D eigenvalue weighted by molar-refractivity contribution is 7.89. The Balaban J connectivity index is 1.83. The molecule has 6 heteroatoms. The molecule has 1 heterocycles. The number of pyridine rings is 1. The fourth-order valence-corrected chi connectivity index (χ4v) is 4.22. The number of hydrogen-bond acceptors (Lipinski definition) is 4. The van der Waals surface area contributed by atoms with Crippen LogP contribution in [0, 0.1) is 0 Å². The molecule has 0 aliphatic heterocycles. The van der Waals surface area contributed by atoms with Crippen LogP contribution in [0.2, 0.25) is 0 Å². The molecule has 1 aliphatic rings. The van der Waals surface area contributed by atoms with E-state index in [-0.39, 0.29) is 12.1 Å². The normalized spacial score (nSPS) is 15.0. The molecule has 0 saturated heterocycles. The summed E-state index contributed by atoms with van der Waals surface area (Å²) in [7, 11) is -3.53. The maximum absolute atomic E-state index is 13.0. The van der Waals surface area contributed by atoms with Crippen molar-refractivity contribution in [3.8, 4) is 5.75 Å². The van der Waals surface area contributed by atoms with Gasteiger partial charge in [0, 0.05) is 25.0 Å². The van der Waals surface area contributed by atoms with Crippen LogP contribution < -0.4 is 4.74 Å². The van der Waals surface area contributed by atoms with Crippen LogP contribution in [0.3, 0.4) is 0 Å². The molecular weight excluding hydrogens is 324 g/mol. The molecule has 0 atom stereocenters. The van der Waals surface area contributed by atoms with Crippen LogP contribution >= 0.6 is 0 Å². The molecule has 0 unspecified atom stereocenters. The molecule has 1 aromatic heterocycles. The fourth-order valence-electron chi connectivity index (χ4n) is 2.54. The van der Waals surface area contributed by atoms with Crippen molar-refractivity contribution >= 4 is 10.0 Å². The minimum absolute atomic E-state index is 0.0565. The minimum Gasteiger partial charge on any atom is -0.491 e. The molecule has 0 amide bonds. The number of nitrogens with zero attached hydrogens (tertiary/aromatic N) is 2. The maximum Gasteiger partial charge on any atom is 0.243 e. The first-order chi connectivity index (χ1) is 11.5. The van der Waals surface area contributed by atoms with Gasteiger partial charge in [0.2, 0.25) is 10.0 Å². The van der Waals surface area contributed by atoms with Crippen molar-refractivity contribution in [3.63, 3.8) is 0 Å². The Bertz CT molecular complexity index is 770. The molecule has 0 N–H and O–H groups in total. The van der Waals surface area contributed by atoms with E-state index in [1.807, 2.05) is 26.0 Å². The number of rotatable bonds is 7. The highest BCUT2D eigenvalue weighted by atomic mass is 32.2. The average Bonchev–Trinajstić information content (AvgIpc) is 3.38. The highest BCUT2D eigenvalue weighted by Crippen LogP contribution is 2.33. The standard InChI is InChI=1S/C18H22N2O3S/c1-14(2)23-17-7-9-18(10-8-17)24(21,22)20(16-5-6-16)13-15-4-3-11-19-12-15/h3-4,7-12,14,16H,5-6,13H2,1-2H3. The summed E-state index contributed by atoms with van der Waals surface area (Å²) in [6.45, 7) is 4.23. The zero-order chi connectivity index (χ0) is 17.2. The van der Waals surface area contributed by atoms with Crippen molar-refractivity contribution in [2.45, 2.75) is 50.3 Å². The predicted molar refractivity (Wildman–Crippen MR) is 92.2 cm³/mol. The molecule has 1 aliphatic carbocycles. The van der Waals surface area contributed by atoms with Crippen molar-refractivity contribution in [2.75, 3.05) is 0 Å². The summed E-state index contributed by atoms with van der Waals surface area (Å²) >= 11 is 0. The van der Waals surface area contributed by atoms with Gasteiger partial charge >= 0.3 is 0 Å². The fraction of sp³-hybridized carbons (Fsp3) is 0.389. The maximum atomic E-state index is 13.0. The van der Waals surface area contributed by atoms with Gasteiger partial charge in [0.25, 0.3) is 0 Å². The molecule has 0 bridgehead atoms. The Morgan fingerprint density at radius 3 is 2.46 bits per heavy atom. The third-order valence-electron chi connectivity index (χ3n) is 3.82. The molecule has 1 saturated carbocycles. The van der Waals surface area contributed by atoms with Gasteiger partial charge in [0.15, 0.2) is 0 Å². The number of benzene rings is 1. The Morgan fingerprint density at radius 2 is 1.92 bits per heavy atom. The van der Waals surface area contributed by atoms with Crippen LogP contribution in [-0.4, -0.2) is 29.9 Å². The summed E-state index contributed by atoms with van der Waals surface area (Å²) in [4.78, 5) is 4.37. The number of ether oxygens (including phenoxy) is 1. The predicted octanol–water partition coefficient (Wildman–Crippen LogP) is 3.22. The summed E-state index contributed by atoms with van der Waals surface area (Å²) in [6.07, 6.45) is 5.28. The zero-order valence-electron chi connectivity index (χ0n) is 13.9. The van der Waals surface area contributed by atoms with Crippen LogP contribution in [0.4, 0.5) is 0 Å². The van der Waals surface area contributed by atoms with Crippen LogP contribution in [0.5, 0.6) is 5.75 Å². The monoisotopic (exact) mass is 346 g/mol. The van der Waals surface area contributed by atoms with Gasteiger partial charge in [-0.1, -0.05) is 6.07 Å². The first-order valence-electron chi connectivity index (χ1n) is 8.14. The number of sulfonamides is 1. The molecule has 0 spiro atoms. The second-order valence-electron chi connectivity index (χ2n) is 6.28. The van der Waals surface area contributed by atoms with Crippen LogP contribution in [0.15, 0.2) is 53.7 Å². The van der Waals surface area contributed by atoms with Gasteiger partial charge in [-0.05, 0) is 62.6 Å². The van der Waals surface area contributed by atoms with Crippen molar-refractivity contribution in [1.29, 1.82) is 0 Å². The van der Waals surface area contributed by atoms with E-state index < -0.39 is 10.0 Å². The van der Waals surface area contributed by atoms with E-state index in [1.54, 1.807) is 41.0 Å². The van der Waals surface area contributed by atoms with Gasteiger partial charge < -0.3 is 4.74 Å². The largest absolute Gasteiger partial charge is 0.491 e. The number of aromatic nitrogens is 1. The minimum atomic E-state index is -3.53. The Labute approximate surface area is 143 Å². The molecule has 2 aromatic rings. The Kier molecular flexibility index (Phi) is 4.87. The van der Waals surface area contributed by atoms with E-state index in [0.717, 1.165) is 18.4 Å². The summed E-state index contributed by atoms with van der Waals surface area (Å²) in [5.41, 5.74) is 0.896. The van der Waals surface area contributed by atoms with Crippen molar-refractivity contribution < 1.29 is 13.2 Å². The second-order valence-corrected chi connectivity index (χ2v) is 8.17. The summed E-state index contributed by atoms with van der Waals surface area (Å²) < 4.78 is 33.2. The van der Waals surface area contributed by atoms with Gasteiger partial charge in [-0.15, -0.1) is 0 Å². The molecule has 24 heavy (non-hydrogen) atoms. The first-order valence-corrected chi connectivity index (χ1v) is 9.58. The van der Waals surface area contributed by atoms with Crippen LogP contribution in [0.25, 0.3) is 0 Å². The lowest BCUT2D eigenvalue weighted by molar-refractivity contribution is 0.242. The SMILES string of the molecule is CC(C)Oc1ccc(S(=O)(=O)N(Cc2cccnc2)C2CC2)cc1. The lowest BCUT2D eigenvalue weighted by Crippen LogP contribution is -2.32. The highest BCUT2D eigenvalue weighted by Gasteiger charge is 2.38. The van der Waals surface area contributed by atoms with E-state index in [1.165, 1.54) is 0 Å². The van der Waals surface area contributed by atoms with Gasteiger partial charge in [0.1, 0.15) is 5.75 Å². The molecule has 128 valence electrons. The van der Waals surface area contributed by atoms with Crippen LogP contribution in [-0.2, 0) is 16.6 Å². The molecule has 1 fully saturated rings. The lowest BCUT2D eigenvalue weighted by Gasteiger charge is -2.22. The second kappa shape index (κ2) is 6.91.